The van der Waals surface area contributed by atoms with Gasteiger partial charge in [-0.25, -0.2) is 0 Å². The monoisotopic (exact) mass is 233 g/mol. The van der Waals surface area contributed by atoms with E-state index in [-0.39, 0.29) is 0 Å². The van der Waals surface area contributed by atoms with Gasteiger partial charge in [-0.2, -0.15) is 0 Å². The summed E-state index contributed by atoms with van der Waals surface area (Å²) < 4.78 is 0. The molecule has 1 fully saturated rings. The number of hydrogen-bond acceptors (Lipinski definition) is 2. The Labute approximate surface area is 102 Å². The first-order valence-corrected chi connectivity index (χ1v) is 6.07. The average Bonchev–Trinajstić information content (AvgIpc) is 2.95. The molecule has 0 spiro atoms. The number of hydrogen-bond donors (Lipinski definition) is 1. The van der Waals surface area contributed by atoms with Gasteiger partial charge in [-0.1, -0.05) is 37.3 Å². The lowest BCUT2D eigenvalue weighted by molar-refractivity contribution is -0.143. The highest BCUT2D eigenvalue weighted by atomic mass is 16.4. The summed E-state index contributed by atoms with van der Waals surface area (Å²) in [5.74, 6) is 0.653. The smallest absolute Gasteiger partial charge is 0.325 e. The van der Waals surface area contributed by atoms with Crippen molar-refractivity contribution in [3.8, 4) is 0 Å². The van der Waals surface area contributed by atoms with E-state index in [4.69, 9.17) is 0 Å². The van der Waals surface area contributed by atoms with Crippen LogP contribution in [0.4, 0.5) is 0 Å². The largest absolute Gasteiger partial charge is 0.480 e. The molecule has 0 bridgehead atoms. The molecule has 1 aliphatic carbocycles. The zero-order valence-electron chi connectivity index (χ0n) is 10.3. The quantitative estimate of drug-likeness (QED) is 0.849. The van der Waals surface area contributed by atoms with Gasteiger partial charge in [-0.3, -0.25) is 9.69 Å². The number of carboxylic acids is 1. The van der Waals surface area contributed by atoms with Crippen molar-refractivity contribution in [1.29, 1.82) is 0 Å². The highest BCUT2D eigenvalue weighted by Crippen LogP contribution is 2.39. The lowest BCUT2D eigenvalue weighted by atomic mass is 10.1. The van der Waals surface area contributed by atoms with E-state index in [1.807, 2.05) is 42.3 Å². The van der Waals surface area contributed by atoms with E-state index in [1.165, 1.54) is 6.42 Å². The maximum absolute atomic E-state index is 11.4. The minimum atomic E-state index is -0.771. The van der Waals surface area contributed by atoms with Gasteiger partial charge < -0.3 is 5.11 Å². The van der Waals surface area contributed by atoms with Crippen molar-refractivity contribution in [3.05, 3.63) is 35.9 Å². The zero-order valence-corrected chi connectivity index (χ0v) is 10.3. The molecule has 1 aromatic carbocycles. The highest BCUT2D eigenvalue weighted by Gasteiger charge is 2.36. The van der Waals surface area contributed by atoms with E-state index in [1.54, 1.807) is 0 Å². The number of aliphatic carboxylic acids is 1. The van der Waals surface area contributed by atoms with Crippen molar-refractivity contribution >= 4 is 5.97 Å². The third kappa shape index (κ3) is 2.86. The fraction of sp³-hybridized carbons (Fsp3) is 0.500. The van der Waals surface area contributed by atoms with Crippen LogP contribution in [0.5, 0.6) is 0 Å². The Bertz CT molecular complexity index is 390. The van der Waals surface area contributed by atoms with Crippen molar-refractivity contribution in [2.45, 2.75) is 19.4 Å². The number of carbonyl (C=O) groups is 1. The molecule has 1 aliphatic rings. The second-order valence-electron chi connectivity index (χ2n) is 5.06. The van der Waals surface area contributed by atoms with E-state index >= 15 is 0 Å². The number of likely N-dealkylation sites (N-methyl/N-ethyl adjacent to an activating group) is 1. The fourth-order valence-corrected chi connectivity index (χ4v) is 2.35. The molecule has 0 saturated heterocycles. The van der Waals surface area contributed by atoms with Crippen LogP contribution in [0.15, 0.2) is 30.3 Å². The SMILES string of the molecule is CC1CC1CN(C)C(C(=O)O)c1ccccc1. The van der Waals surface area contributed by atoms with Crippen LogP contribution in [0.3, 0.4) is 0 Å². The van der Waals surface area contributed by atoms with E-state index < -0.39 is 12.0 Å². The Hall–Kier alpha value is -1.35. The molecule has 0 heterocycles. The molecule has 3 heteroatoms. The molecule has 1 aromatic rings. The Morgan fingerprint density at radius 3 is 2.53 bits per heavy atom. The molecule has 0 aliphatic heterocycles. The van der Waals surface area contributed by atoms with E-state index in [0.717, 1.165) is 18.0 Å². The first-order chi connectivity index (χ1) is 8.09. The molecule has 1 N–H and O–H groups in total. The van der Waals surface area contributed by atoms with Crippen LogP contribution >= 0.6 is 0 Å². The summed E-state index contributed by atoms with van der Waals surface area (Å²) in [6.07, 6.45) is 1.23. The predicted molar refractivity (Wildman–Crippen MR) is 66.7 cm³/mol. The Kier molecular flexibility index (Phi) is 3.48. The maximum Gasteiger partial charge on any atom is 0.325 e. The molecule has 3 atom stereocenters. The third-order valence-electron chi connectivity index (χ3n) is 3.59. The summed E-state index contributed by atoms with van der Waals surface area (Å²) in [5, 5.41) is 9.35. The van der Waals surface area contributed by atoms with Gasteiger partial charge in [-0.05, 0) is 30.9 Å². The molecule has 3 nitrogen and oxygen atoms in total. The van der Waals surface area contributed by atoms with Crippen LogP contribution in [-0.2, 0) is 4.79 Å². The number of benzene rings is 1. The number of rotatable bonds is 5. The van der Waals surface area contributed by atoms with Crippen LogP contribution < -0.4 is 0 Å². The first-order valence-electron chi connectivity index (χ1n) is 6.07. The van der Waals surface area contributed by atoms with Gasteiger partial charge in [0.15, 0.2) is 0 Å². The molecule has 0 aromatic heterocycles. The molecule has 92 valence electrons. The lowest BCUT2D eigenvalue weighted by Gasteiger charge is -2.25. The van der Waals surface area contributed by atoms with Gasteiger partial charge in [0.25, 0.3) is 0 Å². The normalized spacial score (nSPS) is 24.6. The Morgan fingerprint density at radius 2 is 2.06 bits per heavy atom. The van der Waals surface area contributed by atoms with E-state index in [9.17, 15) is 9.90 Å². The minimum absolute atomic E-state index is 0.524. The number of nitrogens with zero attached hydrogens (tertiary/aromatic N) is 1. The Balaban J connectivity index is 2.09. The molecule has 3 unspecified atom stereocenters. The highest BCUT2D eigenvalue weighted by molar-refractivity contribution is 5.75. The molecular formula is C14H19NO2. The van der Waals surface area contributed by atoms with Gasteiger partial charge >= 0.3 is 5.97 Å². The molecule has 0 radical (unpaired) electrons. The minimum Gasteiger partial charge on any atom is -0.480 e. The third-order valence-corrected chi connectivity index (χ3v) is 3.59. The van der Waals surface area contributed by atoms with Crippen molar-refractivity contribution in [1.82, 2.24) is 4.90 Å². The molecule has 2 rings (SSSR count). The zero-order chi connectivity index (χ0) is 12.4. The molecule has 1 saturated carbocycles. The fourth-order valence-electron chi connectivity index (χ4n) is 2.35. The van der Waals surface area contributed by atoms with Gasteiger partial charge in [0.2, 0.25) is 0 Å². The summed E-state index contributed by atoms with van der Waals surface area (Å²) in [6.45, 7) is 3.09. The van der Waals surface area contributed by atoms with Crippen molar-refractivity contribution in [3.63, 3.8) is 0 Å². The van der Waals surface area contributed by atoms with Crippen molar-refractivity contribution in [2.24, 2.45) is 11.8 Å². The molecular weight excluding hydrogens is 214 g/mol. The first kappa shape index (κ1) is 12.1. The van der Waals surface area contributed by atoms with Crippen LogP contribution in [0, 0.1) is 11.8 Å². The van der Waals surface area contributed by atoms with Gasteiger partial charge in [0.1, 0.15) is 6.04 Å². The predicted octanol–water partition coefficient (Wildman–Crippen LogP) is 2.40. The van der Waals surface area contributed by atoms with E-state index in [0.29, 0.717) is 5.92 Å². The van der Waals surface area contributed by atoms with Crippen LogP contribution in [0.25, 0.3) is 0 Å². The summed E-state index contributed by atoms with van der Waals surface area (Å²) in [6, 6.07) is 8.92. The van der Waals surface area contributed by atoms with Gasteiger partial charge in [0, 0.05) is 6.54 Å². The Morgan fingerprint density at radius 1 is 1.47 bits per heavy atom. The van der Waals surface area contributed by atoms with Crippen LogP contribution in [-0.4, -0.2) is 29.6 Å². The second-order valence-corrected chi connectivity index (χ2v) is 5.06. The number of carboxylic acid groups (broad SMARTS) is 1. The average molecular weight is 233 g/mol. The molecule has 17 heavy (non-hydrogen) atoms. The van der Waals surface area contributed by atoms with Gasteiger partial charge in [0.05, 0.1) is 0 Å². The topological polar surface area (TPSA) is 40.5 Å². The van der Waals surface area contributed by atoms with Crippen molar-refractivity contribution < 1.29 is 9.90 Å². The lowest BCUT2D eigenvalue weighted by Crippen LogP contribution is -2.32. The summed E-state index contributed by atoms with van der Waals surface area (Å²) >= 11 is 0. The standard InChI is InChI=1S/C14H19NO2/c1-10-8-12(10)9-15(2)13(14(16)17)11-6-4-3-5-7-11/h3-7,10,12-13H,8-9H2,1-2H3,(H,16,17). The van der Waals surface area contributed by atoms with E-state index in [2.05, 4.69) is 6.92 Å². The maximum atomic E-state index is 11.4. The van der Waals surface area contributed by atoms with Gasteiger partial charge in [-0.15, -0.1) is 0 Å². The summed E-state index contributed by atoms with van der Waals surface area (Å²) in [7, 11) is 1.90. The van der Waals surface area contributed by atoms with Crippen LogP contribution in [0.2, 0.25) is 0 Å². The second kappa shape index (κ2) is 4.88. The van der Waals surface area contributed by atoms with Crippen molar-refractivity contribution in [2.75, 3.05) is 13.6 Å². The molecule has 0 amide bonds. The van der Waals surface area contributed by atoms with Crippen LogP contribution in [0.1, 0.15) is 24.9 Å². The summed E-state index contributed by atoms with van der Waals surface area (Å²) in [5.41, 5.74) is 0.857. The summed E-state index contributed by atoms with van der Waals surface area (Å²) in [4.78, 5) is 13.3.